The van der Waals surface area contributed by atoms with Crippen LogP contribution in [0, 0.1) is 0 Å². The molecular weight excluding hydrogens is 418 g/mol. The van der Waals surface area contributed by atoms with Gasteiger partial charge in [-0.3, -0.25) is 4.79 Å². The third-order valence-electron chi connectivity index (χ3n) is 6.10. The van der Waals surface area contributed by atoms with Gasteiger partial charge in [0.1, 0.15) is 0 Å². The number of aromatic amines is 1. The van der Waals surface area contributed by atoms with Crippen molar-refractivity contribution in [1.82, 2.24) is 4.98 Å². The Bertz CT molecular complexity index is 1370. The van der Waals surface area contributed by atoms with E-state index in [1.807, 2.05) is 29.6 Å². The molecule has 0 fully saturated rings. The predicted octanol–water partition coefficient (Wildman–Crippen LogP) is 6.90. The number of pyridine rings is 1. The van der Waals surface area contributed by atoms with Crippen LogP contribution in [0.1, 0.15) is 31.2 Å². The van der Waals surface area contributed by atoms with E-state index in [0.717, 1.165) is 39.7 Å². The van der Waals surface area contributed by atoms with Crippen LogP contribution < -0.4 is 15.0 Å². The second-order valence-corrected chi connectivity index (χ2v) is 8.94. The Morgan fingerprint density at radius 1 is 0.906 bits per heavy atom. The average molecular weight is 444 g/mol. The van der Waals surface area contributed by atoms with Crippen molar-refractivity contribution in [3.63, 3.8) is 0 Å². The van der Waals surface area contributed by atoms with Gasteiger partial charge in [-0.25, -0.2) is 0 Å². The van der Waals surface area contributed by atoms with E-state index in [4.69, 9.17) is 9.47 Å². The fourth-order valence-electron chi connectivity index (χ4n) is 4.55. The zero-order chi connectivity index (χ0) is 22.1. The van der Waals surface area contributed by atoms with Gasteiger partial charge in [-0.15, -0.1) is 11.3 Å². The maximum Gasteiger partial charge on any atom is 0.257 e. The first kappa shape index (κ1) is 20.6. The molecule has 4 nitrogen and oxygen atoms in total. The number of hydrogen-bond acceptors (Lipinski definition) is 4. The van der Waals surface area contributed by atoms with Crippen LogP contribution in [0.4, 0.5) is 0 Å². The third kappa shape index (κ3) is 3.63. The number of ether oxygens (including phenoxy) is 2. The second kappa shape index (κ2) is 8.67. The van der Waals surface area contributed by atoms with Gasteiger partial charge in [0.2, 0.25) is 0 Å². The highest BCUT2D eigenvalue weighted by atomic mass is 32.1. The van der Waals surface area contributed by atoms with Crippen molar-refractivity contribution in [2.24, 2.45) is 0 Å². The number of methoxy groups -OCH3 is 2. The minimum atomic E-state index is -0.107. The Balaban J connectivity index is 1.83. The summed E-state index contributed by atoms with van der Waals surface area (Å²) in [7, 11) is 3.23. The minimum Gasteiger partial charge on any atom is -0.493 e. The first-order chi connectivity index (χ1) is 15.7. The summed E-state index contributed by atoms with van der Waals surface area (Å²) in [6.07, 6.45) is 7.06. The van der Waals surface area contributed by atoms with Crippen LogP contribution >= 0.6 is 11.3 Å². The maximum atomic E-state index is 13.3. The molecule has 0 bridgehead atoms. The molecule has 0 radical (unpaired) electrons. The summed E-state index contributed by atoms with van der Waals surface area (Å²) in [6, 6.07) is 16.3. The minimum absolute atomic E-state index is 0.107. The number of hydrogen-bond donors (Lipinski definition) is 1. The molecular formula is C27H25NO3S. The summed E-state index contributed by atoms with van der Waals surface area (Å²) in [5.41, 5.74) is 5.88. The van der Waals surface area contributed by atoms with Crippen molar-refractivity contribution in [3.8, 4) is 33.1 Å². The number of benzene rings is 2. The Kier molecular flexibility index (Phi) is 5.58. The molecule has 0 aliphatic heterocycles. The molecule has 0 atom stereocenters. The Hall–Kier alpha value is -3.31. The van der Waals surface area contributed by atoms with E-state index >= 15 is 0 Å². The zero-order valence-corrected chi connectivity index (χ0v) is 19.1. The van der Waals surface area contributed by atoms with Crippen LogP contribution in [-0.4, -0.2) is 19.2 Å². The molecule has 0 amide bonds. The second-order valence-electron chi connectivity index (χ2n) is 7.99. The number of rotatable bonds is 5. The van der Waals surface area contributed by atoms with Crippen LogP contribution in [0.25, 0.3) is 38.0 Å². The summed E-state index contributed by atoms with van der Waals surface area (Å²) in [5, 5.41) is 2.93. The maximum absolute atomic E-state index is 13.3. The van der Waals surface area contributed by atoms with E-state index < -0.39 is 0 Å². The first-order valence-corrected chi connectivity index (χ1v) is 11.7. The smallest absolute Gasteiger partial charge is 0.257 e. The highest BCUT2D eigenvalue weighted by Gasteiger charge is 2.20. The van der Waals surface area contributed by atoms with Crippen molar-refractivity contribution in [3.05, 3.63) is 75.9 Å². The quantitative estimate of drug-likeness (QED) is 0.365. The number of aromatic nitrogens is 1. The summed E-state index contributed by atoms with van der Waals surface area (Å²) in [6.45, 7) is 0. The van der Waals surface area contributed by atoms with Gasteiger partial charge in [0.25, 0.3) is 5.56 Å². The molecule has 32 heavy (non-hydrogen) atoms. The first-order valence-electron chi connectivity index (χ1n) is 10.9. The number of fused-ring (bicyclic) bond motifs is 1. The van der Waals surface area contributed by atoms with Crippen molar-refractivity contribution < 1.29 is 9.47 Å². The molecule has 162 valence electrons. The van der Waals surface area contributed by atoms with Gasteiger partial charge in [-0.05, 0) is 66.0 Å². The summed E-state index contributed by atoms with van der Waals surface area (Å²) in [4.78, 5) is 17.3. The molecule has 5 rings (SSSR count). The van der Waals surface area contributed by atoms with Crippen molar-refractivity contribution in [2.75, 3.05) is 14.2 Å². The normalized spacial score (nSPS) is 13.8. The molecule has 0 spiro atoms. The van der Waals surface area contributed by atoms with Gasteiger partial charge in [-0.2, -0.15) is 0 Å². The SMILES string of the molecule is COc1cc2[nH]c(=O)c(-c3cccs3)c(-c3cccc(C4=CCCCC4)c3)c2cc1OC. The highest BCUT2D eigenvalue weighted by Crippen LogP contribution is 2.41. The highest BCUT2D eigenvalue weighted by molar-refractivity contribution is 7.13. The molecule has 1 aliphatic rings. The molecule has 0 saturated heterocycles. The van der Waals surface area contributed by atoms with Gasteiger partial charge in [0.15, 0.2) is 11.5 Å². The van der Waals surface area contributed by atoms with Crippen LogP contribution in [0.5, 0.6) is 11.5 Å². The van der Waals surface area contributed by atoms with Crippen molar-refractivity contribution in [2.45, 2.75) is 25.7 Å². The summed E-state index contributed by atoms with van der Waals surface area (Å²) >= 11 is 1.57. The van der Waals surface area contributed by atoms with Crippen LogP contribution in [0.15, 0.2) is 64.8 Å². The van der Waals surface area contributed by atoms with E-state index in [0.29, 0.717) is 17.1 Å². The molecule has 2 heterocycles. The van der Waals surface area contributed by atoms with E-state index in [-0.39, 0.29) is 5.56 Å². The van der Waals surface area contributed by atoms with Crippen LogP contribution in [0.2, 0.25) is 0 Å². The standard InChI is InChI=1S/C27H25NO3S/c1-30-22-15-20-21(16-23(22)31-2)28-27(29)26(24-12-7-13-32-24)25(20)19-11-6-10-18(14-19)17-8-4-3-5-9-17/h6-8,10-16H,3-5,9H2,1-2H3,(H,28,29). The summed E-state index contributed by atoms with van der Waals surface area (Å²) < 4.78 is 11.1. The zero-order valence-electron chi connectivity index (χ0n) is 18.2. The summed E-state index contributed by atoms with van der Waals surface area (Å²) in [5.74, 6) is 1.23. The molecule has 1 N–H and O–H groups in total. The number of thiophene rings is 1. The van der Waals surface area contributed by atoms with E-state index in [9.17, 15) is 4.79 Å². The van der Waals surface area contributed by atoms with Gasteiger partial charge in [-0.1, -0.05) is 30.3 Å². The lowest BCUT2D eigenvalue weighted by molar-refractivity contribution is 0.356. The van der Waals surface area contributed by atoms with Crippen molar-refractivity contribution >= 4 is 27.8 Å². The van der Waals surface area contributed by atoms with E-state index in [1.165, 1.54) is 24.0 Å². The van der Waals surface area contributed by atoms with Gasteiger partial charge in [0, 0.05) is 21.9 Å². The molecule has 4 aromatic rings. The molecule has 2 aromatic carbocycles. The van der Waals surface area contributed by atoms with Gasteiger partial charge < -0.3 is 14.5 Å². The van der Waals surface area contributed by atoms with Gasteiger partial charge in [0.05, 0.1) is 25.3 Å². The van der Waals surface area contributed by atoms with Gasteiger partial charge >= 0.3 is 0 Å². The largest absolute Gasteiger partial charge is 0.493 e. The third-order valence-corrected chi connectivity index (χ3v) is 6.99. The average Bonchev–Trinajstić information content (AvgIpc) is 3.37. The lowest BCUT2D eigenvalue weighted by Crippen LogP contribution is -2.11. The predicted molar refractivity (Wildman–Crippen MR) is 133 cm³/mol. The molecule has 2 aromatic heterocycles. The number of nitrogens with one attached hydrogen (secondary N) is 1. The fourth-order valence-corrected chi connectivity index (χ4v) is 5.33. The Labute approximate surface area is 191 Å². The fraction of sp³-hybridized carbons (Fsp3) is 0.222. The molecule has 0 unspecified atom stereocenters. The topological polar surface area (TPSA) is 51.3 Å². The van der Waals surface area contributed by atoms with Crippen molar-refractivity contribution in [1.29, 1.82) is 0 Å². The Morgan fingerprint density at radius 2 is 1.72 bits per heavy atom. The monoisotopic (exact) mass is 443 g/mol. The molecule has 5 heteroatoms. The molecule has 1 aliphatic carbocycles. The lowest BCUT2D eigenvalue weighted by Gasteiger charge is -2.17. The van der Waals surface area contributed by atoms with E-state index in [2.05, 4.69) is 35.3 Å². The lowest BCUT2D eigenvalue weighted by atomic mass is 9.89. The van der Waals surface area contributed by atoms with E-state index in [1.54, 1.807) is 25.6 Å². The van der Waals surface area contributed by atoms with Crippen LogP contribution in [0.3, 0.4) is 0 Å². The number of H-pyrrole nitrogens is 1. The molecule has 0 saturated carbocycles. The van der Waals surface area contributed by atoms with Crippen LogP contribution in [-0.2, 0) is 0 Å². The Morgan fingerprint density at radius 3 is 2.44 bits per heavy atom. The number of allylic oxidation sites excluding steroid dienone is 2.